The molecule has 1 saturated heterocycles. The van der Waals surface area contributed by atoms with E-state index in [0.29, 0.717) is 12.0 Å². The largest absolute Gasteiger partial charge is 0.450 e. The predicted octanol–water partition coefficient (Wildman–Crippen LogP) is 3.50. The van der Waals surface area contributed by atoms with Crippen molar-refractivity contribution in [3.8, 4) is 0 Å². The van der Waals surface area contributed by atoms with Crippen molar-refractivity contribution < 1.29 is 9.53 Å². The first-order valence-electron chi connectivity index (χ1n) is 8.39. The van der Waals surface area contributed by atoms with Crippen molar-refractivity contribution in [2.45, 2.75) is 45.4 Å². The van der Waals surface area contributed by atoms with Crippen molar-refractivity contribution in [2.24, 2.45) is 5.41 Å². The monoisotopic (exact) mass is 360 g/mol. The maximum absolute atomic E-state index is 11.7. The summed E-state index contributed by atoms with van der Waals surface area (Å²) in [5.74, 6) is 0. The second-order valence-corrected chi connectivity index (χ2v) is 7.07. The minimum atomic E-state index is -0.151. The number of alkyl halides is 1. The Morgan fingerprint density at radius 3 is 2.24 bits per heavy atom. The van der Waals surface area contributed by atoms with Gasteiger partial charge in [-0.25, -0.2) is 4.79 Å². The summed E-state index contributed by atoms with van der Waals surface area (Å²) < 4.78 is 5.09. The van der Waals surface area contributed by atoms with E-state index in [1.54, 1.807) is 0 Å². The van der Waals surface area contributed by atoms with E-state index in [0.717, 1.165) is 31.5 Å². The van der Waals surface area contributed by atoms with Crippen LogP contribution in [-0.2, 0) is 4.74 Å². The minimum Gasteiger partial charge on any atom is -0.450 e. The van der Waals surface area contributed by atoms with E-state index in [2.05, 4.69) is 20.8 Å². The van der Waals surface area contributed by atoms with E-state index in [4.69, 9.17) is 4.74 Å². The molecule has 2 aliphatic rings. The van der Waals surface area contributed by atoms with E-state index in [1.807, 2.05) is 11.8 Å². The quantitative estimate of drug-likeness (QED) is 0.568. The number of halogens is 1. The number of nitrogens with zero attached hydrogens (tertiary/aromatic N) is 2. The number of hydrogen-bond acceptors (Lipinski definition) is 3. The third kappa shape index (κ3) is 4.85. The molecular formula is C16H29BrN2O2. The number of amides is 1. The van der Waals surface area contributed by atoms with Crippen LogP contribution in [0.2, 0.25) is 0 Å². The van der Waals surface area contributed by atoms with E-state index in [9.17, 15) is 4.79 Å². The zero-order valence-corrected chi connectivity index (χ0v) is 14.9. The second-order valence-electron chi connectivity index (χ2n) is 6.51. The number of piperazine rings is 1. The molecule has 0 N–H and O–H groups in total. The van der Waals surface area contributed by atoms with Gasteiger partial charge in [0.1, 0.15) is 0 Å². The summed E-state index contributed by atoms with van der Waals surface area (Å²) in [5.41, 5.74) is 0.447. The summed E-state index contributed by atoms with van der Waals surface area (Å²) >= 11 is 3.77. The lowest BCUT2D eigenvalue weighted by atomic mass is 9.82. The van der Waals surface area contributed by atoms with E-state index in [1.165, 1.54) is 45.1 Å². The van der Waals surface area contributed by atoms with Gasteiger partial charge in [-0.2, -0.15) is 0 Å². The predicted molar refractivity (Wildman–Crippen MR) is 89.0 cm³/mol. The zero-order valence-electron chi connectivity index (χ0n) is 13.3. The van der Waals surface area contributed by atoms with Crippen LogP contribution >= 0.6 is 15.9 Å². The van der Waals surface area contributed by atoms with Gasteiger partial charge in [0.05, 0.1) is 6.61 Å². The highest BCUT2D eigenvalue weighted by molar-refractivity contribution is 9.09. The standard InChI is InChI=1S/C16H29BrN2O2/c1-2-21-15(20)19-11-9-18(10-12-19)14-16(13-17)7-5-3-4-6-8-16/h2-14H2,1H3. The Morgan fingerprint density at radius 2 is 1.71 bits per heavy atom. The number of carbonyl (C=O) groups is 1. The molecule has 2 fully saturated rings. The summed E-state index contributed by atoms with van der Waals surface area (Å²) in [4.78, 5) is 16.1. The molecule has 0 spiro atoms. The summed E-state index contributed by atoms with van der Waals surface area (Å²) in [6.07, 6.45) is 8.06. The van der Waals surface area contributed by atoms with Gasteiger partial charge in [-0.1, -0.05) is 41.6 Å². The van der Waals surface area contributed by atoms with E-state index < -0.39 is 0 Å². The maximum atomic E-state index is 11.7. The van der Waals surface area contributed by atoms with Crippen molar-refractivity contribution in [1.82, 2.24) is 9.80 Å². The summed E-state index contributed by atoms with van der Waals surface area (Å²) in [6.45, 7) is 7.07. The highest BCUT2D eigenvalue weighted by atomic mass is 79.9. The molecule has 0 aromatic carbocycles. The Bertz CT molecular complexity index is 322. The third-order valence-electron chi connectivity index (χ3n) is 4.91. The third-order valence-corrected chi connectivity index (χ3v) is 6.09. The van der Waals surface area contributed by atoms with Crippen LogP contribution in [0.1, 0.15) is 45.4 Å². The Balaban J connectivity index is 1.82. The number of rotatable bonds is 4. The lowest BCUT2D eigenvalue weighted by Gasteiger charge is -2.40. The SMILES string of the molecule is CCOC(=O)N1CCN(CC2(CBr)CCCCCC2)CC1. The van der Waals surface area contributed by atoms with Gasteiger partial charge in [0.25, 0.3) is 0 Å². The van der Waals surface area contributed by atoms with Crippen LogP contribution in [-0.4, -0.2) is 60.6 Å². The van der Waals surface area contributed by atoms with Crippen molar-refractivity contribution in [1.29, 1.82) is 0 Å². The van der Waals surface area contributed by atoms with Crippen molar-refractivity contribution in [3.63, 3.8) is 0 Å². The molecule has 5 heteroatoms. The van der Waals surface area contributed by atoms with Crippen LogP contribution in [0.15, 0.2) is 0 Å². The molecule has 21 heavy (non-hydrogen) atoms. The smallest absolute Gasteiger partial charge is 0.409 e. The molecule has 122 valence electrons. The molecule has 1 heterocycles. The van der Waals surface area contributed by atoms with Gasteiger partial charge in [-0.05, 0) is 25.2 Å². The molecule has 0 bridgehead atoms. The van der Waals surface area contributed by atoms with Gasteiger partial charge in [-0.15, -0.1) is 0 Å². The van der Waals surface area contributed by atoms with Crippen LogP contribution in [0.5, 0.6) is 0 Å². The van der Waals surface area contributed by atoms with E-state index >= 15 is 0 Å². The van der Waals surface area contributed by atoms with Gasteiger partial charge in [0.2, 0.25) is 0 Å². The normalized spacial score (nSPS) is 23.6. The fraction of sp³-hybridized carbons (Fsp3) is 0.938. The van der Waals surface area contributed by atoms with Crippen LogP contribution in [0.3, 0.4) is 0 Å². The first-order valence-corrected chi connectivity index (χ1v) is 9.51. The number of ether oxygens (including phenoxy) is 1. The van der Waals surface area contributed by atoms with Crippen LogP contribution < -0.4 is 0 Å². The Labute approximate surface area is 137 Å². The zero-order chi connectivity index (χ0) is 15.1. The van der Waals surface area contributed by atoms with Crippen molar-refractivity contribution >= 4 is 22.0 Å². The number of hydrogen-bond donors (Lipinski definition) is 0. The highest BCUT2D eigenvalue weighted by Gasteiger charge is 2.33. The van der Waals surface area contributed by atoms with Gasteiger partial charge in [0, 0.05) is 38.1 Å². The van der Waals surface area contributed by atoms with Gasteiger partial charge < -0.3 is 9.64 Å². The Hall–Kier alpha value is -0.290. The molecule has 0 aromatic rings. The average molecular weight is 361 g/mol. The minimum absolute atomic E-state index is 0.151. The molecule has 2 rings (SSSR count). The molecule has 0 unspecified atom stereocenters. The summed E-state index contributed by atoms with van der Waals surface area (Å²) in [6, 6.07) is 0. The van der Waals surface area contributed by atoms with Crippen molar-refractivity contribution in [3.05, 3.63) is 0 Å². The Morgan fingerprint density at radius 1 is 1.10 bits per heavy atom. The average Bonchev–Trinajstić information content (AvgIpc) is 2.74. The highest BCUT2D eigenvalue weighted by Crippen LogP contribution is 2.37. The van der Waals surface area contributed by atoms with Crippen LogP contribution in [0.25, 0.3) is 0 Å². The van der Waals surface area contributed by atoms with E-state index in [-0.39, 0.29) is 6.09 Å². The molecule has 1 saturated carbocycles. The Kier molecular flexibility index (Phi) is 6.80. The number of carbonyl (C=O) groups excluding carboxylic acids is 1. The van der Waals surface area contributed by atoms with Crippen LogP contribution in [0.4, 0.5) is 4.79 Å². The van der Waals surface area contributed by atoms with Gasteiger partial charge in [0.15, 0.2) is 0 Å². The lowest BCUT2D eigenvalue weighted by Crippen LogP contribution is -2.51. The van der Waals surface area contributed by atoms with Crippen molar-refractivity contribution in [2.75, 3.05) is 44.7 Å². The molecule has 4 nitrogen and oxygen atoms in total. The molecule has 0 radical (unpaired) electrons. The molecule has 1 aliphatic heterocycles. The topological polar surface area (TPSA) is 32.8 Å². The van der Waals surface area contributed by atoms with Gasteiger partial charge in [-0.3, -0.25) is 4.90 Å². The molecule has 1 aliphatic carbocycles. The molecular weight excluding hydrogens is 332 g/mol. The van der Waals surface area contributed by atoms with Crippen LogP contribution in [0, 0.1) is 5.41 Å². The molecule has 1 amide bonds. The molecule has 0 atom stereocenters. The second kappa shape index (κ2) is 8.37. The molecule has 0 aromatic heterocycles. The lowest BCUT2D eigenvalue weighted by molar-refractivity contribution is 0.0634. The summed E-state index contributed by atoms with van der Waals surface area (Å²) in [7, 11) is 0. The summed E-state index contributed by atoms with van der Waals surface area (Å²) in [5, 5.41) is 1.11. The van der Waals surface area contributed by atoms with Gasteiger partial charge >= 0.3 is 6.09 Å². The first-order chi connectivity index (χ1) is 10.2. The maximum Gasteiger partial charge on any atom is 0.409 e. The first kappa shape index (κ1) is 17.1. The fourth-order valence-electron chi connectivity index (χ4n) is 3.59. The fourth-order valence-corrected chi connectivity index (χ4v) is 4.33.